The molecule has 1 N–H and O–H groups in total. The van der Waals surface area contributed by atoms with Crippen molar-refractivity contribution in [3.05, 3.63) is 101 Å². The van der Waals surface area contributed by atoms with E-state index in [0.717, 1.165) is 39.0 Å². The van der Waals surface area contributed by atoms with E-state index >= 15 is 0 Å². The molecule has 202 valence electrons. The van der Waals surface area contributed by atoms with E-state index in [9.17, 15) is 18.0 Å². The number of unbranched alkanes of at least 4 members (excludes halogenated alkanes) is 1. The average Bonchev–Trinajstić information content (AvgIpc) is 2.89. The maximum absolute atomic E-state index is 14.0. The summed E-state index contributed by atoms with van der Waals surface area (Å²) in [5.74, 6) is -0.734. The Morgan fingerprint density at radius 3 is 2.16 bits per heavy atom. The van der Waals surface area contributed by atoms with Gasteiger partial charge >= 0.3 is 0 Å². The minimum atomic E-state index is -3.77. The Morgan fingerprint density at radius 2 is 1.55 bits per heavy atom. The van der Waals surface area contributed by atoms with Gasteiger partial charge in [-0.15, -0.1) is 0 Å². The fourth-order valence-electron chi connectivity index (χ4n) is 4.10. The lowest BCUT2D eigenvalue weighted by molar-refractivity contribution is -0.140. The van der Waals surface area contributed by atoms with Crippen LogP contribution in [0, 0.1) is 0 Å². The van der Waals surface area contributed by atoms with Gasteiger partial charge in [-0.1, -0.05) is 89.9 Å². The first-order valence-corrected chi connectivity index (χ1v) is 15.2. The van der Waals surface area contributed by atoms with Crippen molar-refractivity contribution in [3.63, 3.8) is 0 Å². The minimum absolute atomic E-state index is 0.142. The SMILES string of the molecule is CCCCNC(=O)[C@H](Cc1ccccc1)N(Cc1cccc(Br)c1)C(=O)CN(c1ccccc1)S(C)(=O)=O. The number of carbonyl (C=O) groups excluding carboxylic acids is 2. The summed E-state index contributed by atoms with van der Waals surface area (Å²) in [6.45, 7) is 2.26. The maximum Gasteiger partial charge on any atom is 0.244 e. The molecule has 38 heavy (non-hydrogen) atoms. The molecule has 0 radical (unpaired) electrons. The molecule has 0 bridgehead atoms. The number of benzene rings is 3. The number of nitrogens with zero attached hydrogens (tertiary/aromatic N) is 2. The van der Waals surface area contributed by atoms with Gasteiger partial charge in [0, 0.05) is 24.0 Å². The number of para-hydroxylation sites is 1. The van der Waals surface area contributed by atoms with Gasteiger partial charge in [-0.05, 0) is 41.8 Å². The van der Waals surface area contributed by atoms with Crippen LogP contribution in [0.25, 0.3) is 0 Å². The summed E-state index contributed by atoms with van der Waals surface area (Å²) in [7, 11) is -3.77. The highest BCUT2D eigenvalue weighted by Crippen LogP contribution is 2.21. The summed E-state index contributed by atoms with van der Waals surface area (Å²) >= 11 is 3.48. The zero-order valence-electron chi connectivity index (χ0n) is 21.7. The highest BCUT2D eigenvalue weighted by molar-refractivity contribution is 9.10. The summed E-state index contributed by atoms with van der Waals surface area (Å²) in [5.41, 5.74) is 2.11. The molecule has 7 nitrogen and oxygen atoms in total. The molecular formula is C29H34BrN3O4S. The Morgan fingerprint density at radius 1 is 0.921 bits per heavy atom. The van der Waals surface area contributed by atoms with Crippen molar-refractivity contribution in [2.75, 3.05) is 23.7 Å². The third-order valence-corrected chi connectivity index (χ3v) is 7.70. The predicted octanol–water partition coefficient (Wildman–Crippen LogP) is 4.77. The van der Waals surface area contributed by atoms with E-state index in [0.29, 0.717) is 18.7 Å². The third kappa shape index (κ3) is 8.70. The van der Waals surface area contributed by atoms with Crippen LogP contribution in [0.3, 0.4) is 0 Å². The number of nitrogens with one attached hydrogen (secondary N) is 1. The van der Waals surface area contributed by atoms with Crippen LogP contribution in [0.15, 0.2) is 89.4 Å². The summed E-state index contributed by atoms with van der Waals surface area (Å²) in [5, 5.41) is 2.98. The van der Waals surface area contributed by atoms with Crippen molar-refractivity contribution in [2.24, 2.45) is 0 Å². The van der Waals surface area contributed by atoms with Crippen LogP contribution >= 0.6 is 15.9 Å². The molecule has 3 rings (SSSR count). The van der Waals surface area contributed by atoms with Crippen LogP contribution in [0.2, 0.25) is 0 Å². The van der Waals surface area contributed by atoms with E-state index < -0.39 is 28.5 Å². The number of halogens is 1. The molecule has 0 spiro atoms. The first-order valence-electron chi connectivity index (χ1n) is 12.6. The predicted molar refractivity (Wildman–Crippen MR) is 155 cm³/mol. The zero-order chi connectivity index (χ0) is 27.5. The molecule has 0 aliphatic rings. The molecule has 3 aromatic carbocycles. The number of hydrogen-bond acceptors (Lipinski definition) is 4. The average molecular weight is 601 g/mol. The van der Waals surface area contributed by atoms with Gasteiger partial charge in [0.15, 0.2) is 0 Å². The van der Waals surface area contributed by atoms with Gasteiger partial charge in [0.1, 0.15) is 12.6 Å². The van der Waals surface area contributed by atoms with Gasteiger partial charge in [0.2, 0.25) is 21.8 Å². The normalized spacial score (nSPS) is 12.0. The number of amides is 2. The molecule has 9 heteroatoms. The van der Waals surface area contributed by atoms with Gasteiger partial charge in [-0.2, -0.15) is 0 Å². The quantitative estimate of drug-likeness (QED) is 0.287. The summed E-state index contributed by atoms with van der Waals surface area (Å²) in [4.78, 5) is 29.0. The van der Waals surface area contributed by atoms with E-state index in [1.165, 1.54) is 4.90 Å². The van der Waals surface area contributed by atoms with Crippen LogP contribution in [0.4, 0.5) is 5.69 Å². The van der Waals surface area contributed by atoms with Crippen molar-refractivity contribution in [3.8, 4) is 0 Å². The molecule has 0 unspecified atom stereocenters. The van der Waals surface area contributed by atoms with Crippen molar-refractivity contribution in [1.29, 1.82) is 0 Å². The van der Waals surface area contributed by atoms with E-state index in [4.69, 9.17) is 0 Å². The van der Waals surface area contributed by atoms with Crippen LogP contribution in [-0.2, 0) is 32.6 Å². The van der Waals surface area contributed by atoms with Crippen LogP contribution in [0.1, 0.15) is 30.9 Å². The standard InChI is InChI=1S/C29H34BrN3O4S/c1-3-4-18-31-29(35)27(20-23-12-7-5-8-13-23)32(21-24-14-11-15-25(30)19-24)28(34)22-33(38(2,36)37)26-16-9-6-10-17-26/h5-17,19,27H,3-4,18,20-22H2,1-2H3,(H,31,35)/t27-/m0/s1. The van der Waals surface area contributed by atoms with Crippen LogP contribution in [0.5, 0.6) is 0 Å². The van der Waals surface area contributed by atoms with Crippen molar-refractivity contribution in [2.45, 2.75) is 38.8 Å². The van der Waals surface area contributed by atoms with Crippen molar-refractivity contribution in [1.82, 2.24) is 10.2 Å². The number of carbonyl (C=O) groups is 2. The molecule has 2 amide bonds. The minimum Gasteiger partial charge on any atom is -0.354 e. The molecule has 0 fully saturated rings. The lowest BCUT2D eigenvalue weighted by Crippen LogP contribution is -2.53. The first-order chi connectivity index (χ1) is 18.2. The Balaban J connectivity index is 2.01. The Labute approximate surface area is 234 Å². The monoisotopic (exact) mass is 599 g/mol. The van der Waals surface area contributed by atoms with Gasteiger partial charge in [-0.3, -0.25) is 13.9 Å². The van der Waals surface area contributed by atoms with E-state index in [-0.39, 0.29) is 12.5 Å². The topological polar surface area (TPSA) is 86.8 Å². The molecule has 0 saturated heterocycles. The van der Waals surface area contributed by atoms with E-state index in [2.05, 4.69) is 21.2 Å². The lowest BCUT2D eigenvalue weighted by Gasteiger charge is -2.33. The largest absolute Gasteiger partial charge is 0.354 e. The molecule has 3 aromatic rings. The van der Waals surface area contributed by atoms with Gasteiger partial charge in [-0.25, -0.2) is 8.42 Å². The van der Waals surface area contributed by atoms with Gasteiger partial charge < -0.3 is 10.2 Å². The van der Waals surface area contributed by atoms with Gasteiger partial charge in [0.05, 0.1) is 11.9 Å². The summed E-state index contributed by atoms with van der Waals surface area (Å²) in [6.07, 6.45) is 3.11. The highest BCUT2D eigenvalue weighted by Gasteiger charge is 2.32. The Kier molecular flexibility index (Phi) is 10.9. The van der Waals surface area contributed by atoms with Crippen molar-refractivity contribution < 1.29 is 18.0 Å². The molecule has 0 aliphatic heterocycles. The smallest absolute Gasteiger partial charge is 0.244 e. The maximum atomic E-state index is 14.0. The Hall–Kier alpha value is -3.17. The molecule has 0 aliphatic carbocycles. The first kappa shape index (κ1) is 29.4. The fraction of sp³-hybridized carbons (Fsp3) is 0.310. The summed E-state index contributed by atoms with van der Waals surface area (Å²) < 4.78 is 27.4. The third-order valence-electron chi connectivity index (χ3n) is 6.07. The molecule has 0 saturated carbocycles. The molecular weight excluding hydrogens is 566 g/mol. The number of rotatable bonds is 13. The molecule has 1 atom stereocenters. The van der Waals surface area contributed by atoms with E-state index in [1.54, 1.807) is 30.3 Å². The fourth-order valence-corrected chi connectivity index (χ4v) is 5.40. The Bertz CT molecular complexity index is 1300. The second kappa shape index (κ2) is 14.1. The van der Waals surface area contributed by atoms with E-state index in [1.807, 2.05) is 61.5 Å². The highest BCUT2D eigenvalue weighted by atomic mass is 79.9. The second-order valence-corrected chi connectivity index (χ2v) is 11.9. The number of anilines is 1. The number of sulfonamides is 1. The van der Waals surface area contributed by atoms with Crippen LogP contribution < -0.4 is 9.62 Å². The zero-order valence-corrected chi connectivity index (χ0v) is 24.1. The number of hydrogen-bond donors (Lipinski definition) is 1. The molecule has 0 heterocycles. The molecule has 0 aromatic heterocycles. The second-order valence-electron chi connectivity index (χ2n) is 9.11. The summed E-state index contributed by atoms with van der Waals surface area (Å²) in [6, 6.07) is 24.7. The van der Waals surface area contributed by atoms with Crippen molar-refractivity contribution >= 4 is 43.5 Å². The van der Waals surface area contributed by atoms with Crippen LogP contribution in [-0.4, -0.2) is 50.5 Å². The van der Waals surface area contributed by atoms with Gasteiger partial charge in [0.25, 0.3) is 0 Å². The lowest BCUT2D eigenvalue weighted by atomic mass is 10.0.